The molecule has 0 aromatic heterocycles. The molecule has 0 fully saturated rings. The quantitative estimate of drug-likeness (QED) is 0.344. The van der Waals surface area contributed by atoms with Gasteiger partial charge >= 0.3 is 36.8 Å². The topological polar surface area (TPSA) is 9.23 Å². The fourth-order valence-corrected chi connectivity index (χ4v) is 0.167. The molecule has 0 saturated carbocycles. The van der Waals surface area contributed by atoms with Gasteiger partial charge in [-0.15, -0.1) is 0 Å². The molecule has 1 radical (unpaired) electrons. The van der Waals surface area contributed by atoms with Gasteiger partial charge < -0.3 is 0 Å². The van der Waals surface area contributed by atoms with Crippen molar-refractivity contribution in [1.29, 1.82) is 0 Å². The van der Waals surface area contributed by atoms with E-state index in [1.807, 2.05) is 0 Å². The van der Waals surface area contributed by atoms with Crippen LogP contribution < -0.4 is 0 Å². The summed E-state index contributed by atoms with van der Waals surface area (Å²) >= 11 is 1.22. The van der Waals surface area contributed by atoms with Gasteiger partial charge in [0.25, 0.3) is 0 Å². The second kappa shape index (κ2) is 4.28. The van der Waals surface area contributed by atoms with Crippen molar-refractivity contribution in [2.24, 2.45) is 0 Å². The first-order valence-electron chi connectivity index (χ1n) is 1.14. The second-order valence-electron chi connectivity index (χ2n) is 0.399. The zero-order chi connectivity index (χ0) is 4.12. The first-order chi connectivity index (χ1) is 2.41. The van der Waals surface area contributed by atoms with Gasteiger partial charge in [0.2, 0.25) is 0 Å². The van der Waals surface area contributed by atoms with Crippen LogP contribution >= 0.6 is 12.0 Å². The van der Waals surface area contributed by atoms with Crippen LogP contribution in [0.25, 0.3) is 0 Å². The summed E-state index contributed by atoms with van der Waals surface area (Å²) < 4.78 is 4.40. The van der Waals surface area contributed by atoms with Gasteiger partial charge in [-0.05, 0) is 0 Å². The fraction of sp³-hybridized carbons (Fsp3) is 1.00. The van der Waals surface area contributed by atoms with Crippen LogP contribution in [-0.4, -0.2) is 20.6 Å². The Morgan fingerprint density at radius 3 is 2.60 bits per heavy atom. The van der Waals surface area contributed by atoms with Gasteiger partial charge in [0.1, 0.15) is 0 Å². The first-order valence-corrected chi connectivity index (χ1v) is 2.29. The molecule has 0 aliphatic rings. The van der Waals surface area contributed by atoms with Crippen molar-refractivity contribution >= 4 is 26.4 Å². The summed E-state index contributed by atoms with van der Waals surface area (Å²) in [5.74, 6) is 0. The molecule has 0 bridgehead atoms. The Bertz CT molecular complexity index is 30.8. The van der Waals surface area contributed by atoms with Crippen LogP contribution in [0, 0.1) is 0 Å². The molecule has 0 aliphatic heterocycles. The van der Waals surface area contributed by atoms with E-state index in [9.17, 15) is 0 Å². The number of hydrogen-bond acceptors (Lipinski definition) is 2. The Labute approximate surface area is 37.6 Å². The van der Waals surface area contributed by atoms with Gasteiger partial charge in [0, 0.05) is 0 Å². The molecule has 1 nitrogen and oxygen atoms in total. The molecule has 0 unspecified atom stereocenters. The summed E-state index contributed by atoms with van der Waals surface area (Å²) in [6.45, 7) is 0. The molecule has 0 N–H and O–H groups in total. The first kappa shape index (κ1) is 5.28. The third-order valence-electron chi connectivity index (χ3n) is 0.152. The number of hydrogen-bond donors (Lipinski definition) is 0. The van der Waals surface area contributed by atoms with Gasteiger partial charge in [-0.1, -0.05) is 0 Å². The molecule has 0 rings (SSSR count). The Balaban J connectivity index is 2.40. The molecule has 0 aromatic rings. The molecule has 0 atom stereocenters. The van der Waals surface area contributed by atoms with Crippen molar-refractivity contribution in [1.82, 2.24) is 0 Å². The Morgan fingerprint density at radius 1 is 2.00 bits per heavy atom. The summed E-state index contributed by atoms with van der Waals surface area (Å²) in [5, 5.41) is 0. The van der Waals surface area contributed by atoms with Crippen molar-refractivity contribution in [3.63, 3.8) is 0 Å². The summed E-state index contributed by atoms with van der Waals surface area (Å²) in [5.41, 5.74) is 0. The van der Waals surface area contributed by atoms with Crippen LogP contribution in [-0.2, 0) is 4.10 Å². The SMILES string of the molecule is [B]=BOSC. The van der Waals surface area contributed by atoms with E-state index >= 15 is 0 Å². The van der Waals surface area contributed by atoms with Crippen molar-refractivity contribution in [3.05, 3.63) is 0 Å². The molecule has 25 valence electrons. The third kappa shape index (κ3) is 4.28. The predicted molar refractivity (Wildman–Crippen MR) is 26.1 cm³/mol. The van der Waals surface area contributed by atoms with E-state index in [1.165, 1.54) is 12.0 Å². The van der Waals surface area contributed by atoms with Crippen molar-refractivity contribution < 1.29 is 4.10 Å². The average Bonchev–Trinajstić information content (AvgIpc) is 1.41. The minimum atomic E-state index is 1.14. The molecule has 5 heavy (non-hydrogen) atoms. The van der Waals surface area contributed by atoms with E-state index in [-0.39, 0.29) is 0 Å². The second-order valence-corrected chi connectivity index (χ2v) is 0.925. The van der Waals surface area contributed by atoms with Crippen molar-refractivity contribution in [2.45, 2.75) is 0 Å². The van der Waals surface area contributed by atoms with E-state index < -0.39 is 0 Å². The molecule has 4 heteroatoms. The van der Waals surface area contributed by atoms with Gasteiger partial charge in [-0.3, -0.25) is 0 Å². The van der Waals surface area contributed by atoms with E-state index in [0.717, 1.165) is 7.00 Å². The van der Waals surface area contributed by atoms with E-state index in [2.05, 4.69) is 4.10 Å². The Hall–Kier alpha value is 0.280. The summed E-state index contributed by atoms with van der Waals surface area (Å²) in [7, 11) is 5.91. The van der Waals surface area contributed by atoms with Crippen molar-refractivity contribution in [2.75, 3.05) is 6.26 Å². The van der Waals surface area contributed by atoms with Crippen LogP contribution in [0.5, 0.6) is 0 Å². The van der Waals surface area contributed by atoms with E-state index in [1.54, 1.807) is 6.26 Å². The molecule has 0 heterocycles. The maximum atomic E-state index is 4.77. The molecule has 0 aliphatic carbocycles. The van der Waals surface area contributed by atoms with E-state index in [4.69, 9.17) is 7.37 Å². The normalized spacial score (nSPS) is 5.60. The molecule has 0 aromatic carbocycles. The molecule has 0 saturated heterocycles. The summed E-state index contributed by atoms with van der Waals surface area (Å²) in [4.78, 5) is 0. The van der Waals surface area contributed by atoms with Crippen LogP contribution in [0.1, 0.15) is 0 Å². The van der Waals surface area contributed by atoms with Gasteiger partial charge in [-0.2, -0.15) is 0 Å². The van der Waals surface area contributed by atoms with Gasteiger partial charge in [0.05, 0.1) is 0 Å². The van der Waals surface area contributed by atoms with Crippen LogP contribution in [0.15, 0.2) is 0 Å². The summed E-state index contributed by atoms with van der Waals surface area (Å²) in [6.07, 6.45) is 1.80. The average molecular weight is 84.7 g/mol. The third-order valence-corrected chi connectivity index (χ3v) is 0.455. The van der Waals surface area contributed by atoms with Crippen LogP contribution in [0.4, 0.5) is 0 Å². The Kier molecular flexibility index (Phi) is 4.52. The zero-order valence-corrected chi connectivity index (χ0v) is 3.79. The minimum absolute atomic E-state index is 1.14. The summed E-state index contributed by atoms with van der Waals surface area (Å²) in [6, 6.07) is 0. The zero-order valence-electron chi connectivity index (χ0n) is 2.97. The molecule has 0 spiro atoms. The van der Waals surface area contributed by atoms with Crippen LogP contribution in [0.2, 0.25) is 0 Å². The van der Waals surface area contributed by atoms with Gasteiger partial charge in [-0.25, -0.2) is 0 Å². The standard InChI is InChI=1S/CH3B2OS/c1-5-4-3-2/h1H3. The molecule has 0 amide bonds. The molecular weight excluding hydrogens is 81.7 g/mol. The fourth-order valence-electron chi connectivity index (χ4n) is 0.0556. The number of rotatable bonds is 2. The maximum absolute atomic E-state index is 4.77. The Morgan fingerprint density at radius 2 is 2.60 bits per heavy atom. The van der Waals surface area contributed by atoms with Gasteiger partial charge in [0.15, 0.2) is 0 Å². The van der Waals surface area contributed by atoms with E-state index in [0.29, 0.717) is 0 Å². The van der Waals surface area contributed by atoms with Crippen molar-refractivity contribution in [3.8, 4) is 0 Å². The predicted octanol–water partition coefficient (Wildman–Crippen LogP) is -0.0163. The monoisotopic (exact) mass is 85.0 g/mol. The van der Waals surface area contributed by atoms with Crippen LogP contribution in [0.3, 0.4) is 0 Å². The molecular formula is CH3B2OS.